The second-order valence-electron chi connectivity index (χ2n) is 5.27. The Morgan fingerprint density at radius 3 is 2.31 bits per heavy atom. The SMILES string of the molecule is CC(C)CCC1(C(C)C)CCCN1. The summed E-state index contributed by atoms with van der Waals surface area (Å²) in [5, 5.41) is 3.72. The predicted octanol–water partition coefficient (Wildman–Crippen LogP) is 3.20. The Kier molecular flexibility index (Phi) is 3.78. The first kappa shape index (κ1) is 11.0. The molecule has 1 heteroatoms. The molecule has 1 N–H and O–H groups in total. The molecular formula is C12H25N. The van der Waals surface area contributed by atoms with E-state index in [1.165, 1.54) is 32.2 Å². The molecule has 0 amide bonds. The van der Waals surface area contributed by atoms with E-state index in [-0.39, 0.29) is 0 Å². The monoisotopic (exact) mass is 183 g/mol. The molecular weight excluding hydrogens is 158 g/mol. The van der Waals surface area contributed by atoms with Crippen LogP contribution in [-0.4, -0.2) is 12.1 Å². The van der Waals surface area contributed by atoms with Gasteiger partial charge in [0.25, 0.3) is 0 Å². The van der Waals surface area contributed by atoms with Crippen LogP contribution in [-0.2, 0) is 0 Å². The summed E-state index contributed by atoms with van der Waals surface area (Å²) in [5.74, 6) is 1.63. The molecule has 1 aliphatic rings. The molecule has 1 fully saturated rings. The van der Waals surface area contributed by atoms with E-state index in [9.17, 15) is 0 Å². The van der Waals surface area contributed by atoms with Gasteiger partial charge in [-0.15, -0.1) is 0 Å². The van der Waals surface area contributed by atoms with Crippen LogP contribution in [0.2, 0.25) is 0 Å². The van der Waals surface area contributed by atoms with Crippen LogP contribution in [0.1, 0.15) is 53.4 Å². The molecule has 78 valence electrons. The van der Waals surface area contributed by atoms with Crippen molar-refractivity contribution in [2.75, 3.05) is 6.54 Å². The molecule has 1 atom stereocenters. The largest absolute Gasteiger partial charge is 0.311 e. The summed E-state index contributed by atoms with van der Waals surface area (Å²) in [7, 11) is 0. The van der Waals surface area contributed by atoms with Gasteiger partial charge in [-0.25, -0.2) is 0 Å². The lowest BCUT2D eigenvalue weighted by molar-refractivity contribution is 0.236. The molecule has 1 saturated heterocycles. The number of hydrogen-bond acceptors (Lipinski definition) is 1. The van der Waals surface area contributed by atoms with Gasteiger partial charge in [0, 0.05) is 5.54 Å². The Labute approximate surface area is 83.3 Å². The maximum atomic E-state index is 3.72. The number of nitrogens with one attached hydrogen (secondary N) is 1. The maximum absolute atomic E-state index is 3.72. The van der Waals surface area contributed by atoms with E-state index in [1.54, 1.807) is 0 Å². The Bertz CT molecular complexity index is 143. The summed E-state index contributed by atoms with van der Waals surface area (Å²) >= 11 is 0. The summed E-state index contributed by atoms with van der Waals surface area (Å²) < 4.78 is 0. The van der Waals surface area contributed by atoms with Gasteiger partial charge in [0.15, 0.2) is 0 Å². The molecule has 13 heavy (non-hydrogen) atoms. The summed E-state index contributed by atoms with van der Waals surface area (Å²) in [6, 6.07) is 0. The van der Waals surface area contributed by atoms with Gasteiger partial charge in [-0.2, -0.15) is 0 Å². The first-order valence-electron chi connectivity index (χ1n) is 5.82. The average Bonchev–Trinajstić information content (AvgIpc) is 2.50. The van der Waals surface area contributed by atoms with Crippen molar-refractivity contribution < 1.29 is 0 Å². The summed E-state index contributed by atoms with van der Waals surface area (Å²) in [4.78, 5) is 0. The highest BCUT2D eigenvalue weighted by Crippen LogP contribution is 2.33. The third-order valence-corrected chi connectivity index (χ3v) is 3.55. The van der Waals surface area contributed by atoms with Crippen molar-refractivity contribution in [3.05, 3.63) is 0 Å². The third-order valence-electron chi connectivity index (χ3n) is 3.55. The molecule has 0 saturated carbocycles. The zero-order valence-electron chi connectivity index (χ0n) is 9.69. The summed E-state index contributed by atoms with van der Waals surface area (Å²) in [6.45, 7) is 10.6. The number of hydrogen-bond donors (Lipinski definition) is 1. The molecule has 1 nitrogen and oxygen atoms in total. The summed E-state index contributed by atoms with van der Waals surface area (Å²) in [6.07, 6.45) is 5.49. The zero-order valence-corrected chi connectivity index (χ0v) is 9.69. The van der Waals surface area contributed by atoms with Gasteiger partial charge in [-0.3, -0.25) is 0 Å². The van der Waals surface area contributed by atoms with Crippen LogP contribution in [0.3, 0.4) is 0 Å². The Balaban J connectivity index is 2.47. The van der Waals surface area contributed by atoms with Gasteiger partial charge >= 0.3 is 0 Å². The van der Waals surface area contributed by atoms with E-state index < -0.39 is 0 Å². The lowest BCUT2D eigenvalue weighted by atomic mass is 9.79. The Morgan fingerprint density at radius 1 is 1.23 bits per heavy atom. The van der Waals surface area contributed by atoms with Crippen LogP contribution in [0.15, 0.2) is 0 Å². The molecule has 0 radical (unpaired) electrons. The Morgan fingerprint density at radius 2 is 1.92 bits per heavy atom. The standard InChI is InChI=1S/C12H25N/c1-10(2)6-8-12(11(3)4)7-5-9-13-12/h10-11,13H,5-9H2,1-4H3. The van der Waals surface area contributed by atoms with Crippen LogP contribution >= 0.6 is 0 Å². The molecule has 0 spiro atoms. The molecule has 1 aliphatic heterocycles. The van der Waals surface area contributed by atoms with E-state index >= 15 is 0 Å². The second kappa shape index (κ2) is 4.45. The highest BCUT2D eigenvalue weighted by Gasteiger charge is 2.35. The Hall–Kier alpha value is -0.0400. The third kappa shape index (κ3) is 2.70. The average molecular weight is 183 g/mol. The normalized spacial score (nSPS) is 29.1. The van der Waals surface area contributed by atoms with Crippen molar-refractivity contribution >= 4 is 0 Å². The van der Waals surface area contributed by atoms with Gasteiger partial charge < -0.3 is 5.32 Å². The molecule has 0 aromatic rings. The van der Waals surface area contributed by atoms with Gasteiger partial charge in [0.05, 0.1) is 0 Å². The lowest BCUT2D eigenvalue weighted by Crippen LogP contribution is -2.44. The minimum atomic E-state index is 0.476. The van der Waals surface area contributed by atoms with E-state index in [4.69, 9.17) is 0 Å². The van der Waals surface area contributed by atoms with E-state index in [1.807, 2.05) is 0 Å². The van der Waals surface area contributed by atoms with Crippen LogP contribution in [0, 0.1) is 11.8 Å². The number of rotatable bonds is 4. The van der Waals surface area contributed by atoms with Crippen molar-refractivity contribution in [1.82, 2.24) is 5.32 Å². The first-order chi connectivity index (χ1) is 6.07. The molecule has 1 unspecified atom stereocenters. The van der Waals surface area contributed by atoms with Gasteiger partial charge in [0.2, 0.25) is 0 Å². The van der Waals surface area contributed by atoms with Gasteiger partial charge in [-0.1, -0.05) is 27.7 Å². The van der Waals surface area contributed by atoms with Crippen LogP contribution in [0.4, 0.5) is 0 Å². The summed E-state index contributed by atoms with van der Waals surface area (Å²) in [5.41, 5.74) is 0.476. The minimum Gasteiger partial charge on any atom is -0.311 e. The van der Waals surface area contributed by atoms with E-state index in [2.05, 4.69) is 33.0 Å². The van der Waals surface area contributed by atoms with Gasteiger partial charge in [-0.05, 0) is 44.1 Å². The van der Waals surface area contributed by atoms with Crippen molar-refractivity contribution in [2.45, 2.75) is 58.9 Å². The maximum Gasteiger partial charge on any atom is 0.0205 e. The second-order valence-corrected chi connectivity index (χ2v) is 5.27. The highest BCUT2D eigenvalue weighted by molar-refractivity contribution is 4.95. The van der Waals surface area contributed by atoms with E-state index in [0.29, 0.717) is 5.54 Å². The zero-order chi connectivity index (χ0) is 9.90. The van der Waals surface area contributed by atoms with Crippen LogP contribution in [0.25, 0.3) is 0 Å². The first-order valence-corrected chi connectivity index (χ1v) is 5.82. The fourth-order valence-corrected chi connectivity index (χ4v) is 2.37. The highest BCUT2D eigenvalue weighted by atomic mass is 15.0. The molecule has 0 bridgehead atoms. The van der Waals surface area contributed by atoms with Crippen molar-refractivity contribution in [2.24, 2.45) is 11.8 Å². The molecule has 0 aliphatic carbocycles. The van der Waals surface area contributed by atoms with Crippen LogP contribution < -0.4 is 5.32 Å². The lowest BCUT2D eigenvalue weighted by Gasteiger charge is -2.34. The van der Waals surface area contributed by atoms with Crippen molar-refractivity contribution in [3.63, 3.8) is 0 Å². The van der Waals surface area contributed by atoms with Gasteiger partial charge in [0.1, 0.15) is 0 Å². The topological polar surface area (TPSA) is 12.0 Å². The quantitative estimate of drug-likeness (QED) is 0.706. The fraction of sp³-hybridized carbons (Fsp3) is 1.00. The molecule has 1 rings (SSSR count). The fourth-order valence-electron chi connectivity index (χ4n) is 2.37. The molecule has 1 heterocycles. The van der Waals surface area contributed by atoms with E-state index in [0.717, 1.165) is 11.8 Å². The predicted molar refractivity (Wildman–Crippen MR) is 58.9 cm³/mol. The smallest absolute Gasteiger partial charge is 0.0205 e. The van der Waals surface area contributed by atoms with Crippen molar-refractivity contribution in [3.8, 4) is 0 Å². The van der Waals surface area contributed by atoms with Crippen molar-refractivity contribution in [1.29, 1.82) is 0 Å². The van der Waals surface area contributed by atoms with Crippen LogP contribution in [0.5, 0.6) is 0 Å². The minimum absolute atomic E-state index is 0.476. The molecule has 0 aromatic carbocycles. The molecule has 0 aromatic heterocycles.